The van der Waals surface area contributed by atoms with Gasteiger partial charge >= 0.3 is 6.18 Å². The van der Waals surface area contributed by atoms with Crippen LogP contribution >= 0.6 is 0 Å². The zero-order valence-corrected chi connectivity index (χ0v) is 16.7. The molecule has 1 aliphatic rings. The quantitative estimate of drug-likeness (QED) is 0.677. The molecule has 3 N–H and O–H groups in total. The first kappa shape index (κ1) is 21.8. The summed E-state index contributed by atoms with van der Waals surface area (Å²) in [6, 6.07) is 4.79. The molecule has 0 saturated heterocycles. The summed E-state index contributed by atoms with van der Waals surface area (Å²) in [5.41, 5.74) is -1.03. The molecule has 30 heavy (non-hydrogen) atoms. The number of rotatable bonds is 5. The summed E-state index contributed by atoms with van der Waals surface area (Å²) in [5, 5.41) is 25.5. The molecule has 2 atom stereocenters. The summed E-state index contributed by atoms with van der Waals surface area (Å²) in [5.74, 6) is 0.415. The first-order valence-electron chi connectivity index (χ1n) is 9.57. The minimum atomic E-state index is -4.56. The topological polar surface area (TPSA) is 107 Å². The molecular formula is C20H23F3N6O. The number of alkyl halides is 3. The summed E-state index contributed by atoms with van der Waals surface area (Å²) in [7, 11) is 0. The van der Waals surface area contributed by atoms with Crippen molar-refractivity contribution < 1.29 is 18.3 Å². The maximum absolute atomic E-state index is 13.1. The van der Waals surface area contributed by atoms with Crippen LogP contribution in [0.1, 0.15) is 49.9 Å². The van der Waals surface area contributed by atoms with E-state index in [1.165, 1.54) is 18.3 Å². The predicted molar refractivity (Wildman–Crippen MR) is 104 cm³/mol. The second-order valence-electron chi connectivity index (χ2n) is 8.06. The molecule has 2 heterocycles. The van der Waals surface area contributed by atoms with Gasteiger partial charge in [0.05, 0.1) is 12.3 Å². The Morgan fingerprint density at radius 3 is 2.73 bits per heavy atom. The largest absolute Gasteiger partial charge is 0.433 e. The first-order valence-corrected chi connectivity index (χ1v) is 9.57. The molecular weight excluding hydrogens is 397 g/mol. The SMILES string of the molecule is CC1(C)C[C@H](Nc2nc(NCc3cccnc3C(F)(F)F)ncc2C#N)CC[C@@H]1O. The fourth-order valence-corrected chi connectivity index (χ4v) is 3.61. The lowest BCUT2D eigenvalue weighted by atomic mass is 9.73. The van der Waals surface area contributed by atoms with Crippen LogP contribution in [0.5, 0.6) is 0 Å². The van der Waals surface area contributed by atoms with Gasteiger partial charge in [0.2, 0.25) is 5.95 Å². The molecule has 3 rings (SSSR count). The summed E-state index contributed by atoms with van der Waals surface area (Å²) >= 11 is 0. The fourth-order valence-electron chi connectivity index (χ4n) is 3.61. The van der Waals surface area contributed by atoms with Gasteiger partial charge in [-0.2, -0.15) is 23.4 Å². The third-order valence-electron chi connectivity index (χ3n) is 5.31. The van der Waals surface area contributed by atoms with Gasteiger partial charge in [-0.15, -0.1) is 0 Å². The molecule has 0 aliphatic heterocycles. The normalized spacial score (nSPS) is 21.0. The van der Waals surface area contributed by atoms with E-state index in [0.29, 0.717) is 25.1 Å². The minimum Gasteiger partial charge on any atom is -0.393 e. The maximum Gasteiger partial charge on any atom is 0.433 e. The van der Waals surface area contributed by atoms with Crippen molar-refractivity contribution in [2.75, 3.05) is 10.6 Å². The van der Waals surface area contributed by atoms with E-state index in [1.807, 2.05) is 19.9 Å². The van der Waals surface area contributed by atoms with Crippen LogP contribution < -0.4 is 10.6 Å². The highest BCUT2D eigenvalue weighted by Gasteiger charge is 2.36. The second-order valence-corrected chi connectivity index (χ2v) is 8.06. The number of nitriles is 1. The Morgan fingerprint density at radius 2 is 2.07 bits per heavy atom. The lowest BCUT2D eigenvalue weighted by Crippen LogP contribution is -2.41. The van der Waals surface area contributed by atoms with Gasteiger partial charge in [0, 0.05) is 24.3 Å². The molecule has 2 aromatic rings. The van der Waals surface area contributed by atoms with Gasteiger partial charge in [0.1, 0.15) is 23.1 Å². The molecule has 2 aromatic heterocycles. The number of pyridine rings is 1. The molecule has 10 heteroatoms. The van der Waals surface area contributed by atoms with Crippen molar-refractivity contribution in [3.8, 4) is 6.07 Å². The number of nitrogens with zero attached hydrogens (tertiary/aromatic N) is 4. The Kier molecular flexibility index (Phi) is 6.12. The Labute approximate surface area is 172 Å². The van der Waals surface area contributed by atoms with E-state index in [4.69, 9.17) is 0 Å². The van der Waals surface area contributed by atoms with Crippen molar-refractivity contribution in [2.24, 2.45) is 5.41 Å². The highest BCUT2D eigenvalue weighted by atomic mass is 19.4. The Balaban J connectivity index is 1.75. The second kappa shape index (κ2) is 8.44. The predicted octanol–water partition coefficient (Wildman–Crippen LogP) is 3.73. The molecule has 0 spiro atoms. The molecule has 160 valence electrons. The van der Waals surface area contributed by atoms with Gasteiger partial charge < -0.3 is 15.7 Å². The van der Waals surface area contributed by atoms with Crippen LogP contribution in [0.2, 0.25) is 0 Å². The third-order valence-corrected chi connectivity index (χ3v) is 5.31. The molecule has 0 bridgehead atoms. The lowest BCUT2D eigenvalue weighted by molar-refractivity contribution is -0.141. The zero-order valence-electron chi connectivity index (χ0n) is 16.7. The average Bonchev–Trinajstić information content (AvgIpc) is 2.68. The highest BCUT2D eigenvalue weighted by molar-refractivity contribution is 5.54. The van der Waals surface area contributed by atoms with Crippen LogP contribution in [0.4, 0.5) is 24.9 Å². The van der Waals surface area contributed by atoms with Crippen LogP contribution in [0.3, 0.4) is 0 Å². The Bertz CT molecular complexity index is 941. The number of hydrogen-bond acceptors (Lipinski definition) is 7. The van der Waals surface area contributed by atoms with Crippen LogP contribution in [0, 0.1) is 16.7 Å². The number of anilines is 2. The fraction of sp³-hybridized carbons (Fsp3) is 0.500. The molecule has 0 unspecified atom stereocenters. The van der Waals surface area contributed by atoms with E-state index < -0.39 is 18.0 Å². The van der Waals surface area contributed by atoms with Crippen molar-refractivity contribution in [2.45, 2.75) is 58.0 Å². The van der Waals surface area contributed by atoms with E-state index in [2.05, 4.69) is 25.6 Å². The summed E-state index contributed by atoms with van der Waals surface area (Å²) in [6.45, 7) is 3.79. The number of aliphatic hydroxyl groups is 1. The van der Waals surface area contributed by atoms with E-state index in [-0.39, 0.29) is 35.1 Å². The van der Waals surface area contributed by atoms with Crippen LogP contribution in [0.25, 0.3) is 0 Å². The van der Waals surface area contributed by atoms with Gasteiger partial charge in [-0.05, 0) is 30.7 Å². The molecule has 1 aliphatic carbocycles. The zero-order chi connectivity index (χ0) is 21.9. The monoisotopic (exact) mass is 420 g/mol. The van der Waals surface area contributed by atoms with Gasteiger partial charge in [-0.1, -0.05) is 19.9 Å². The number of halogens is 3. The number of hydrogen-bond donors (Lipinski definition) is 3. The van der Waals surface area contributed by atoms with E-state index in [9.17, 15) is 23.5 Å². The van der Waals surface area contributed by atoms with E-state index >= 15 is 0 Å². The van der Waals surface area contributed by atoms with Crippen LogP contribution in [-0.2, 0) is 12.7 Å². The highest BCUT2D eigenvalue weighted by Crippen LogP contribution is 2.37. The number of aliphatic hydroxyl groups excluding tert-OH is 1. The summed E-state index contributed by atoms with van der Waals surface area (Å²) in [4.78, 5) is 11.7. The molecule has 7 nitrogen and oxygen atoms in total. The molecule has 0 radical (unpaired) electrons. The maximum atomic E-state index is 13.1. The van der Waals surface area contributed by atoms with Crippen LogP contribution in [0.15, 0.2) is 24.5 Å². The van der Waals surface area contributed by atoms with Gasteiger partial charge in [-0.25, -0.2) is 4.98 Å². The molecule has 0 amide bonds. The Hall–Kier alpha value is -2.93. The van der Waals surface area contributed by atoms with E-state index in [1.54, 1.807) is 0 Å². The average molecular weight is 420 g/mol. The summed E-state index contributed by atoms with van der Waals surface area (Å²) < 4.78 is 39.3. The molecule has 1 fully saturated rings. The van der Waals surface area contributed by atoms with Gasteiger partial charge in [0.25, 0.3) is 0 Å². The molecule has 0 aromatic carbocycles. The first-order chi connectivity index (χ1) is 14.1. The van der Waals surface area contributed by atoms with Gasteiger partial charge in [0.15, 0.2) is 0 Å². The van der Waals surface area contributed by atoms with Crippen molar-refractivity contribution in [3.05, 3.63) is 41.3 Å². The minimum absolute atomic E-state index is 0.00778. The third kappa shape index (κ3) is 4.97. The van der Waals surface area contributed by atoms with E-state index in [0.717, 1.165) is 6.20 Å². The number of aromatic nitrogens is 3. The summed E-state index contributed by atoms with van der Waals surface area (Å²) in [6.07, 6.45) is -0.498. The molecule has 1 saturated carbocycles. The van der Waals surface area contributed by atoms with Crippen molar-refractivity contribution in [3.63, 3.8) is 0 Å². The Morgan fingerprint density at radius 1 is 1.30 bits per heavy atom. The van der Waals surface area contributed by atoms with Crippen molar-refractivity contribution in [1.29, 1.82) is 5.26 Å². The lowest BCUT2D eigenvalue weighted by Gasteiger charge is -2.40. The van der Waals surface area contributed by atoms with Gasteiger partial charge in [-0.3, -0.25) is 4.98 Å². The number of nitrogens with one attached hydrogen (secondary N) is 2. The van der Waals surface area contributed by atoms with Crippen molar-refractivity contribution >= 4 is 11.8 Å². The standard InChI is InChI=1S/C20H23F3N6O/c1-19(2)8-14(5-6-15(19)30)28-17-13(9-24)11-27-18(29-17)26-10-12-4-3-7-25-16(12)20(21,22)23/h3-4,7,11,14-15,30H,5-6,8,10H2,1-2H3,(H2,26,27,28,29)/t14-,15+/m1/s1. The smallest absolute Gasteiger partial charge is 0.393 e. The van der Waals surface area contributed by atoms with Crippen molar-refractivity contribution in [1.82, 2.24) is 15.0 Å². The van der Waals surface area contributed by atoms with Crippen LogP contribution in [-0.4, -0.2) is 32.2 Å².